The van der Waals surface area contributed by atoms with Gasteiger partial charge in [-0.05, 0) is 127 Å². The number of allylic oxidation sites excluding steroid dienone is 5. The van der Waals surface area contributed by atoms with Crippen LogP contribution in [0, 0.1) is 0 Å². The molecule has 0 N–H and O–H groups in total. The van der Waals surface area contributed by atoms with Crippen molar-refractivity contribution in [3.63, 3.8) is 0 Å². The van der Waals surface area contributed by atoms with Crippen molar-refractivity contribution in [1.82, 2.24) is 0 Å². The second kappa shape index (κ2) is 13.7. The Hall–Kier alpha value is -7.22. The van der Waals surface area contributed by atoms with Crippen molar-refractivity contribution in [2.45, 2.75) is 31.6 Å². The standard InChI is InChI=1S/C59H45N/c1-5-18-51-44(6-2)49-36-34-43(38-55(49)58(51,3)4)60(42-32-29-40(30-33-42)39-19-8-7-9-20-39)57-28-17-13-21-45(57)41-31-35-50-48-24-12-16-27-54(48)59(56(50)37-41)52-25-14-10-22-46(52)47-23-11-15-26-53(47)59/h5-38H,2H2,1,3-4H3/b18-5-. The van der Waals surface area contributed by atoms with E-state index in [0.29, 0.717) is 0 Å². The first kappa shape index (κ1) is 35.9. The molecular weight excluding hydrogens is 723 g/mol. The molecule has 0 heterocycles. The first-order valence-electron chi connectivity index (χ1n) is 21.1. The van der Waals surface area contributed by atoms with Gasteiger partial charge in [-0.1, -0.05) is 190 Å². The zero-order valence-electron chi connectivity index (χ0n) is 34.3. The van der Waals surface area contributed by atoms with E-state index in [-0.39, 0.29) is 5.41 Å². The Morgan fingerprint density at radius 3 is 1.55 bits per heavy atom. The predicted molar refractivity (Wildman–Crippen MR) is 253 cm³/mol. The van der Waals surface area contributed by atoms with Gasteiger partial charge < -0.3 is 4.90 Å². The number of para-hydroxylation sites is 1. The van der Waals surface area contributed by atoms with E-state index in [1.807, 2.05) is 6.08 Å². The highest BCUT2D eigenvalue weighted by atomic mass is 15.1. The van der Waals surface area contributed by atoms with Crippen LogP contribution in [0.25, 0.3) is 50.1 Å². The molecule has 3 aliphatic rings. The van der Waals surface area contributed by atoms with Gasteiger partial charge in [0.1, 0.15) is 0 Å². The van der Waals surface area contributed by atoms with Crippen LogP contribution >= 0.6 is 0 Å². The number of hydrogen-bond acceptors (Lipinski definition) is 1. The number of benzene rings is 8. The van der Waals surface area contributed by atoms with Gasteiger partial charge in [0.05, 0.1) is 11.1 Å². The molecule has 60 heavy (non-hydrogen) atoms. The molecule has 0 radical (unpaired) electrons. The fourth-order valence-corrected chi connectivity index (χ4v) is 10.8. The minimum absolute atomic E-state index is 0.194. The van der Waals surface area contributed by atoms with Gasteiger partial charge in [-0.3, -0.25) is 0 Å². The van der Waals surface area contributed by atoms with Crippen LogP contribution < -0.4 is 4.90 Å². The van der Waals surface area contributed by atoms with Gasteiger partial charge in [-0.15, -0.1) is 0 Å². The smallest absolute Gasteiger partial charge is 0.0725 e. The van der Waals surface area contributed by atoms with Crippen molar-refractivity contribution in [1.29, 1.82) is 0 Å². The van der Waals surface area contributed by atoms with Gasteiger partial charge in [0, 0.05) is 22.4 Å². The fourth-order valence-electron chi connectivity index (χ4n) is 10.8. The highest BCUT2D eigenvalue weighted by molar-refractivity contribution is 5.98. The molecule has 0 fully saturated rings. The molecule has 1 nitrogen and oxygen atoms in total. The van der Waals surface area contributed by atoms with Gasteiger partial charge in [-0.25, -0.2) is 0 Å². The van der Waals surface area contributed by atoms with E-state index in [1.165, 1.54) is 89.0 Å². The van der Waals surface area contributed by atoms with Crippen molar-refractivity contribution in [2.24, 2.45) is 0 Å². The summed E-state index contributed by atoms with van der Waals surface area (Å²) in [6.07, 6.45) is 6.43. The summed E-state index contributed by atoms with van der Waals surface area (Å²) in [7, 11) is 0. The summed E-state index contributed by atoms with van der Waals surface area (Å²) in [5.74, 6) is 0. The molecule has 0 atom stereocenters. The average Bonchev–Trinajstić information content (AvgIpc) is 3.85. The van der Waals surface area contributed by atoms with Crippen molar-refractivity contribution < 1.29 is 0 Å². The van der Waals surface area contributed by atoms with Gasteiger partial charge >= 0.3 is 0 Å². The zero-order chi connectivity index (χ0) is 40.6. The number of fused-ring (bicyclic) bond motifs is 11. The average molecular weight is 768 g/mol. The van der Waals surface area contributed by atoms with E-state index >= 15 is 0 Å². The summed E-state index contributed by atoms with van der Waals surface area (Å²) in [5, 5.41) is 0. The first-order chi connectivity index (χ1) is 29.4. The number of anilines is 3. The molecule has 286 valence electrons. The van der Waals surface area contributed by atoms with Crippen LogP contribution in [0.1, 0.15) is 54.2 Å². The van der Waals surface area contributed by atoms with Gasteiger partial charge in [0.2, 0.25) is 0 Å². The van der Waals surface area contributed by atoms with Crippen LogP contribution in [0.15, 0.2) is 218 Å². The highest BCUT2D eigenvalue weighted by Gasteiger charge is 2.51. The Morgan fingerprint density at radius 2 is 0.933 bits per heavy atom. The fraction of sp³-hybridized carbons (Fsp3) is 0.0847. The summed E-state index contributed by atoms with van der Waals surface area (Å²) in [4.78, 5) is 2.46. The Morgan fingerprint density at radius 1 is 0.433 bits per heavy atom. The quantitative estimate of drug-likeness (QED) is 0.156. The highest BCUT2D eigenvalue weighted by Crippen LogP contribution is 2.63. The molecule has 0 bridgehead atoms. The maximum atomic E-state index is 4.26. The van der Waals surface area contributed by atoms with Crippen LogP contribution in [0.2, 0.25) is 0 Å². The van der Waals surface area contributed by atoms with Crippen LogP contribution in [0.4, 0.5) is 17.1 Å². The summed E-state index contributed by atoms with van der Waals surface area (Å²) in [6.45, 7) is 11.0. The molecule has 1 spiro atoms. The maximum Gasteiger partial charge on any atom is 0.0725 e. The van der Waals surface area contributed by atoms with Crippen molar-refractivity contribution in [2.75, 3.05) is 4.90 Å². The van der Waals surface area contributed by atoms with Crippen molar-refractivity contribution in [3.8, 4) is 44.5 Å². The molecule has 0 amide bonds. The lowest BCUT2D eigenvalue weighted by molar-refractivity contribution is 0.654. The number of hydrogen-bond donors (Lipinski definition) is 0. The van der Waals surface area contributed by atoms with E-state index < -0.39 is 5.41 Å². The van der Waals surface area contributed by atoms with E-state index in [9.17, 15) is 0 Å². The minimum atomic E-state index is -0.414. The van der Waals surface area contributed by atoms with Gasteiger partial charge in [0.15, 0.2) is 0 Å². The zero-order valence-corrected chi connectivity index (χ0v) is 34.3. The molecule has 0 unspecified atom stereocenters. The molecule has 8 aromatic rings. The summed E-state index contributed by atoms with van der Waals surface area (Å²) < 4.78 is 0. The van der Waals surface area contributed by atoms with Crippen LogP contribution in [-0.2, 0) is 10.8 Å². The Kier molecular flexibility index (Phi) is 8.19. The van der Waals surface area contributed by atoms with Crippen LogP contribution in [0.3, 0.4) is 0 Å². The molecule has 3 aliphatic carbocycles. The van der Waals surface area contributed by atoms with Gasteiger partial charge in [-0.2, -0.15) is 0 Å². The molecule has 1 heteroatoms. The molecule has 8 aromatic carbocycles. The minimum Gasteiger partial charge on any atom is -0.310 e. The Bertz CT molecular complexity index is 3020. The van der Waals surface area contributed by atoms with E-state index in [2.05, 4.69) is 232 Å². The molecule has 0 aliphatic heterocycles. The maximum absolute atomic E-state index is 4.26. The predicted octanol–water partition coefficient (Wildman–Crippen LogP) is 15.6. The largest absolute Gasteiger partial charge is 0.310 e. The number of rotatable bonds is 7. The molecule has 0 aromatic heterocycles. The van der Waals surface area contributed by atoms with E-state index in [1.54, 1.807) is 0 Å². The third-order valence-corrected chi connectivity index (χ3v) is 13.4. The van der Waals surface area contributed by atoms with Crippen LogP contribution in [0.5, 0.6) is 0 Å². The Balaban J connectivity index is 1.12. The normalized spacial score (nSPS) is 14.8. The van der Waals surface area contributed by atoms with Crippen LogP contribution in [-0.4, -0.2) is 0 Å². The first-order valence-corrected chi connectivity index (χ1v) is 21.1. The molecule has 0 saturated carbocycles. The molecular formula is C59H45N. The lowest BCUT2D eigenvalue weighted by Gasteiger charge is -2.32. The topological polar surface area (TPSA) is 3.24 Å². The number of nitrogens with zero attached hydrogens (tertiary/aromatic N) is 1. The second-order valence-electron chi connectivity index (χ2n) is 16.8. The lowest BCUT2D eigenvalue weighted by Crippen LogP contribution is -2.25. The van der Waals surface area contributed by atoms with E-state index in [0.717, 1.165) is 17.1 Å². The second-order valence-corrected chi connectivity index (χ2v) is 16.8. The summed E-state index contributed by atoms with van der Waals surface area (Å²) in [5.41, 5.74) is 23.2. The van der Waals surface area contributed by atoms with E-state index in [4.69, 9.17) is 0 Å². The molecule has 0 saturated heterocycles. The van der Waals surface area contributed by atoms with Crippen molar-refractivity contribution >= 4 is 22.6 Å². The van der Waals surface area contributed by atoms with Gasteiger partial charge in [0.25, 0.3) is 0 Å². The summed E-state index contributed by atoms with van der Waals surface area (Å²) in [6, 6.07) is 70.0. The van der Waals surface area contributed by atoms with Crippen molar-refractivity contribution in [3.05, 3.63) is 252 Å². The third-order valence-electron chi connectivity index (χ3n) is 13.4. The summed E-state index contributed by atoms with van der Waals surface area (Å²) >= 11 is 0. The monoisotopic (exact) mass is 767 g/mol. The SMILES string of the molecule is C=CC1=C(/C=C\C)C(C)(C)c2cc(N(c3ccc(-c4ccccc4)cc3)c3ccccc3-c3ccc4c(c3)C3(c5ccccc5-c5ccccc53)c3ccccc3-4)ccc21. The Labute approximate surface area is 354 Å². The molecule has 11 rings (SSSR count). The third kappa shape index (κ3) is 5.05. The lowest BCUT2D eigenvalue weighted by atomic mass is 9.70.